The maximum atomic E-state index is 12.9. The van der Waals surface area contributed by atoms with E-state index < -0.39 is 0 Å². The summed E-state index contributed by atoms with van der Waals surface area (Å²) in [7, 11) is 3.08. The van der Waals surface area contributed by atoms with E-state index >= 15 is 0 Å². The molecule has 0 radical (unpaired) electrons. The summed E-state index contributed by atoms with van der Waals surface area (Å²) in [5.74, 6) is 0.577. The van der Waals surface area contributed by atoms with Gasteiger partial charge in [0.2, 0.25) is 5.91 Å². The second-order valence-corrected chi connectivity index (χ2v) is 8.12. The van der Waals surface area contributed by atoms with Crippen LogP contribution in [0.3, 0.4) is 0 Å². The summed E-state index contributed by atoms with van der Waals surface area (Å²) in [6.07, 6.45) is 1.77. The van der Waals surface area contributed by atoms with Gasteiger partial charge < -0.3 is 30.1 Å². The van der Waals surface area contributed by atoms with E-state index in [0.29, 0.717) is 68.1 Å². The first kappa shape index (κ1) is 24.9. The zero-order valence-electron chi connectivity index (χ0n) is 19.5. The quantitative estimate of drug-likeness (QED) is 0.485. The van der Waals surface area contributed by atoms with Gasteiger partial charge in [-0.1, -0.05) is 6.07 Å². The summed E-state index contributed by atoms with van der Waals surface area (Å²) < 4.78 is 10.5. The summed E-state index contributed by atoms with van der Waals surface area (Å²) in [5.41, 5.74) is 0.879. The molecule has 0 bridgehead atoms. The third-order valence-electron chi connectivity index (χ3n) is 5.80. The molecule has 0 aliphatic carbocycles. The topological polar surface area (TPSA) is 117 Å². The average molecular weight is 470 g/mol. The number of amides is 3. The average Bonchev–Trinajstić information content (AvgIpc) is 2.87. The summed E-state index contributed by atoms with van der Waals surface area (Å²) >= 11 is 0. The summed E-state index contributed by atoms with van der Waals surface area (Å²) in [6, 6.07) is 11.2. The minimum absolute atomic E-state index is 0.0329. The van der Waals surface area contributed by atoms with Crippen LogP contribution in [0.25, 0.3) is 0 Å². The normalized spacial score (nSPS) is 13.8. The van der Waals surface area contributed by atoms with Gasteiger partial charge >= 0.3 is 0 Å². The zero-order chi connectivity index (χ0) is 24.5. The second-order valence-electron chi connectivity index (χ2n) is 8.12. The van der Waals surface area contributed by atoms with E-state index in [1.54, 1.807) is 35.2 Å². The van der Waals surface area contributed by atoms with Crippen molar-refractivity contribution in [1.29, 1.82) is 0 Å². The van der Waals surface area contributed by atoms with Crippen LogP contribution in [0.2, 0.25) is 0 Å². The van der Waals surface area contributed by atoms with Gasteiger partial charge in [0.25, 0.3) is 11.8 Å². The highest BCUT2D eigenvalue weighted by Gasteiger charge is 2.28. The number of benzene rings is 2. The Hall–Kier alpha value is -3.75. The molecule has 3 N–H and O–H groups in total. The van der Waals surface area contributed by atoms with Crippen molar-refractivity contribution in [2.24, 2.45) is 5.92 Å². The highest BCUT2D eigenvalue weighted by Crippen LogP contribution is 2.25. The number of hydrogen-bond donors (Lipinski definition) is 3. The van der Waals surface area contributed by atoms with Gasteiger partial charge in [0, 0.05) is 49.3 Å². The molecule has 0 aromatic heterocycles. The van der Waals surface area contributed by atoms with Gasteiger partial charge in [-0.2, -0.15) is 0 Å². The molecule has 182 valence electrons. The number of hydrogen-bond acceptors (Lipinski definition) is 6. The van der Waals surface area contributed by atoms with Gasteiger partial charge in [-0.05, 0) is 49.6 Å². The fourth-order valence-electron chi connectivity index (χ4n) is 3.85. The standard InChI is InChI=1S/C25H31N3O6/c1-33-21-14-19(15-22(16-21)34-2)25(32)28-11-7-17(8-12-28)23(30)26-9-4-10-27-24(31)18-5-3-6-20(29)13-18/h3,5-6,13-17,29H,4,7-12H2,1-2H3,(H,26,30)(H,27,31). The number of phenols is 1. The molecule has 1 aliphatic rings. The largest absolute Gasteiger partial charge is 0.508 e. The van der Waals surface area contributed by atoms with E-state index in [-0.39, 0.29) is 29.4 Å². The molecule has 2 aromatic carbocycles. The SMILES string of the molecule is COc1cc(OC)cc(C(=O)N2CCC(C(=O)NCCCNC(=O)c3cccc(O)c3)CC2)c1. The molecule has 34 heavy (non-hydrogen) atoms. The van der Waals surface area contributed by atoms with E-state index in [0.717, 1.165) is 0 Å². The molecule has 0 saturated carbocycles. The molecule has 1 heterocycles. The van der Waals surface area contributed by atoms with E-state index in [4.69, 9.17) is 9.47 Å². The summed E-state index contributed by atoms with van der Waals surface area (Å²) in [5, 5.41) is 15.1. The highest BCUT2D eigenvalue weighted by molar-refractivity contribution is 5.95. The smallest absolute Gasteiger partial charge is 0.254 e. The Kier molecular flexibility index (Phi) is 8.73. The molecule has 0 atom stereocenters. The van der Waals surface area contributed by atoms with Gasteiger partial charge in [0.05, 0.1) is 14.2 Å². The predicted molar refractivity (Wildman–Crippen MR) is 126 cm³/mol. The second kappa shape index (κ2) is 11.9. The van der Waals surface area contributed by atoms with Gasteiger partial charge in [-0.3, -0.25) is 14.4 Å². The Morgan fingerprint density at radius 3 is 2.21 bits per heavy atom. The number of rotatable bonds is 9. The first-order valence-electron chi connectivity index (χ1n) is 11.3. The van der Waals surface area contributed by atoms with Crippen molar-refractivity contribution < 1.29 is 29.0 Å². The number of methoxy groups -OCH3 is 2. The van der Waals surface area contributed by atoms with E-state index in [1.165, 1.54) is 26.4 Å². The number of aromatic hydroxyl groups is 1. The number of nitrogens with one attached hydrogen (secondary N) is 2. The van der Waals surface area contributed by atoms with Gasteiger partial charge in [-0.15, -0.1) is 0 Å². The van der Waals surface area contributed by atoms with E-state index in [1.807, 2.05) is 0 Å². The molecule has 9 heteroatoms. The van der Waals surface area contributed by atoms with Crippen molar-refractivity contribution in [2.45, 2.75) is 19.3 Å². The molecule has 3 rings (SSSR count). The number of carbonyl (C=O) groups is 3. The van der Waals surface area contributed by atoms with Crippen LogP contribution in [0.4, 0.5) is 0 Å². The number of nitrogens with zero attached hydrogens (tertiary/aromatic N) is 1. The van der Waals surface area contributed by atoms with Crippen LogP contribution in [0, 0.1) is 5.92 Å². The maximum absolute atomic E-state index is 12.9. The number of ether oxygens (including phenoxy) is 2. The Labute approximate surface area is 199 Å². The Bertz CT molecular complexity index is 995. The molecule has 2 aromatic rings. The number of carbonyl (C=O) groups excluding carboxylic acids is 3. The van der Waals surface area contributed by atoms with Gasteiger partial charge in [-0.25, -0.2) is 0 Å². The Balaban J connectivity index is 1.38. The third-order valence-corrected chi connectivity index (χ3v) is 5.80. The third kappa shape index (κ3) is 6.63. The molecule has 3 amide bonds. The Morgan fingerprint density at radius 1 is 0.941 bits per heavy atom. The van der Waals surface area contributed by atoms with Crippen molar-refractivity contribution in [2.75, 3.05) is 40.4 Å². The molecule has 0 spiro atoms. The van der Waals surface area contributed by atoms with Gasteiger partial charge in [0.1, 0.15) is 17.2 Å². The van der Waals surface area contributed by atoms with Crippen molar-refractivity contribution >= 4 is 17.7 Å². The Morgan fingerprint density at radius 2 is 1.59 bits per heavy atom. The van der Waals surface area contributed by atoms with Crippen LogP contribution in [-0.2, 0) is 4.79 Å². The molecule has 0 unspecified atom stereocenters. The molecular weight excluding hydrogens is 438 g/mol. The molecule has 1 aliphatic heterocycles. The lowest BCUT2D eigenvalue weighted by Crippen LogP contribution is -2.43. The lowest BCUT2D eigenvalue weighted by atomic mass is 9.95. The van der Waals surface area contributed by atoms with Crippen LogP contribution in [0.5, 0.6) is 17.2 Å². The van der Waals surface area contributed by atoms with Crippen LogP contribution in [0.15, 0.2) is 42.5 Å². The maximum Gasteiger partial charge on any atom is 0.254 e. The molecule has 1 saturated heterocycles. The summed E-state index contributed by atoms with van der Waals surface area (Å²) in [6.45, 7) is 1.85. The number of piperidine rings is 1. The van der Waals surface area contributed by atoms with Crippen LogP contribution in [0.1, 0.15) is 40.0 Å². The first-order valence-corrected chi connectivity index (χ1v) is 11.3. The predicted octanol–water partition coefficient (Wildman–Crippen LogP) is 2.20. The number of phenolic OH excluding ortho intramolecular Hbond substituents is 1. The van der Waals surface area contributed by atoms with Crippen molar-refractivity contribution in [3.05, 3.63) is 53.6 Å². The van der Waals surface area contributed by atoms with Crippen LogP contribution >= 0.6 is 0 Å². The minimum atomic E-state index is -0.270. The van der Waals surface area contributed by atoms with Crippen molar-refractivity contribution in [1.82, 2.24) is 15.5 Å². The minimum Gasteiger partial charge on any atom is -0.508 e. The van der Waals surface area contributed by atoms with Crippen LogP contribution in [-0.4, -0.2) is 68.1 Å². The lowest BCUT2D eigenvalue weighted by Gasteiger charge is -2.31. The first-order chi connectivity index (χ1) is 16.4. The number of likely N-dealkylation sites (tertiary alicyclic amines) is 1. The highest BCUT2D eigenvalue weighted by atomic mass is 16.5. The fraction of sp³-hybridized carbons (Fsp3) is 0.400. The van der Waals surface area contributed by atoms with Crippen molar-refractivity contribution in [3.8, 4) is 17.2 Å². The molecule has 1 fully saturated rings. The van der Waals surface area contributed by atoms with Crippen LogP contribution < -0.4 is 20.1 Å². The molecule has 9 nitrogen and oxygen atoms in total. The van der Waals surface area contributed by atoms with Crippen molar-refractivity contribution in [3.63, 3.8) is 0 Å². The summed E-state index contributed by atoms with van der Waals surface area (Å²) in [4.78, 5) is 39.2. The monoisotopic (exact) mass is 469 g/mol. The lowest BCUT2D eigenvalue weighted by molar-refractivity contribution is -0.126. The van der Waals surface area contributed by atoms with E-state index in [9.17, 15) is 19.5 Å². The molecular formula is C25H31N3O6. The zero-order valence-corrected chi connectivity index (χ0v) is 19.5. The van der Waals surface area contributed by atoms with Gasteiger partial charge in [0.15, 0.2) is 0 Å². The van der Waals surface area contributed by atoms with E-state index in [2.05, 4.69) is 10.6 Å². The fourth-order valence-corrected chi connectivity index (χ4v) is 3.85.